The second kappa shape index (κ2) is 8.83. The molecule has 140 valence electrons. The predicted molar refractivity (Wildman–Crippen MR) is 102 cm³/mol. The summed E-state index contributed by atoms with van der Waals surface area (Å²) in [6, 6.07) is 13.5. The maximum Gasteiger partial charge on any atom is 0.188 e. The summed E-state index contributed by atoms with van der Waals surface area (Å²) >= 11 is 0. The summed E-state index contributed by atoms with van der Waals surface area (Å²) in [5.41, 5.74) is 2.69. The molecule has 5 nitrogen and oxygen atoms in total. The Morgan fingerprint density at radius 3 is 2.65 bits per heavy atom. The lowest BCUT2D eigenvalue weighted by atomic mass is 10.0. The number of Topliss-reactive ketones (excluding diaryl/α,β-unsaturated/α-hetero) is 1. The first-order chi connectivity index (χ1) is 12.1. The van der Waals surface area contributed by atoms with Crippen LogP contribution in [0.25, 0.3) is 0 Å². The first-order valence-corrected chi connectivity index (χ1v) is 8.40. The van der Waals surface area contributed by atoms with E-state index in [2.05, 4.69) is 24.0 Å². The fraction of sp³-hybridized carbons (Fsp3) is 0.381. The minimum Gasteiger partial charge on any atom is -0.497 e. The standard InChI is InChI=1S/C20H23NO4.CH4/c1-14-18-11-16(19(23)13-22)5-8-20(18)25-10-9-21(14)12-15-3-6-17(24-2)7-4-15;/h3-8,11,14,22H,9-10,12-13H2,1-2H3;1H4. The molecule has 3 rings (SSSR count). The Kier molecular flexibility index (Phi) is 6.77. The molecule has 0 amide bonds. The average Bonchev–Trinajstić information content (AvgIpc) is 2.81. The van der Waals surface area contributed by atoms with Crippen molar-refractivity contribution in [3.05, 3.63) is 59.2 Å². The van der Waals surface area contributed by atoms with Crippen LogP contribution in [0, 0.1) is 0 Å². The van der Waals surface area contributed by atoms with Crippen LogP contribution < -0.4 is 9.47 Å². The number of ketones is 1. The zero-order chi connectivity index (χ0) is 17.8. The molecule has 1 heterocycles. The molecule has 0 saturated heterocycles. The predicted octanol–water partition coefficient (Wildman–Crippen LogP) is 3.46. The third-order valence-electron chi connectivity index (χ3n) is 4.65. The van der Waals surface area contributed by atoms with E-state index >= 15 is 0 Å². The number of rotatable bonds is 5. The molecule has 0 spiro atoms. The average molecular weight is 357 g/mol. The smallest absolute Gasteiger partial charge is 0.188 e. The van der Waals surface area contributed by atoms with Gasteiger partial charge in [0.1, 0.15) is 24.7 Å². The van der Waals surface area contributed by atoms with Gasteiger partial charge in [-0.25, -0.2) is 0 Å². The SMILES string of the molecule is C.COc1ccc(CN2CCOc3ccc(C(=O)CO)cc3C2C)cc1. The van der Waals surface area contributed by atoms with Gasteiger partial charge in [0, 0.05) is 30.3 Å². The van der Waals surface area contributed by atoms with E-state index in [4.69, 9.17) is 14.6 Å². The molecule has 26 heavy (non-hydrogen) atoms. The van der Waals surface area contributed by atoms with Gasteiger partial charge < -0.3 is 14.6 Å². The fourth-order valence-electron chi connectivity index (χ4n) is 3.12. The Morgan fingerprint density at radius 2 is 2.00 bits per heavy atom. The molecule has 0 bridgehead atoms. The summed E-state index contributed by atoms with van der Waals surface area (Å²) in [4.78, 5) is 14.1. The minimum absolute atomic E-state index is 0. The molecule has 5 heteroatoms. The van der Waals surface area contributed by atoms with Gasteiger partial charge in [-0.2, -0.15) is 0 Å². The Labute approximate surface area is 155 Å². The molecule has 1 atom stereocenters. The van der Waals surface area contributed by atoms with Crippen LogP contribution in [0.1, 0.15) is 41.9 Å². The molecule has 0 aliphatic carbocycles. The maximum absolute atomic E-state index is 11.8. The Hall–Kier alpha value is -2.37. The highest BCUT2D eigenvalue weighted by Crippen LogP contribution is 2.33. The van der Waals surface area contributed by atoms with Crippen molar-refractivity contribution in [2.45, 2.75) is 26.9 Å². The van der Waals surface area contributed by atoms with Crippen LogP contribution in [0.2, 0.25) is 0 Å². The third kappa shape index (κ3) is 4.23. The highest BCUT2D eigenvalue weighted by atomic mass is 16.5. The molecule has 1 aliphatic rings. The second-order valence-corrected chi connectivity index (χ2v) is 6.18. The maximum atomic E-state index is 11.8. The van der Waals surface area contributed by atoms with Gasteiger partial charge in [0.2, 0.25) is 0 Å². The van der Waals surface area contributed by atoms with E-state index in [1.54, 1.807) is 13.2 Å². The van der Waals surface area contributed by atoms with Crippen molar-refractivity contribution in [3.63, 3.8) is 0 Å². The van der Waals surface area contributed by atoms with Crippen LogP contribution in [0.5, 0.6) is 11.5 Å². The van der Waals surface area contributed by atoms with Crippen molar-refractivity contribution < 1.29 is 19.4 Å². The number of hydrogen-bond donors (Lipinski definition) is 1. The Bertz CT molecular complexity index is 742. The normalized spacial score (nSPS) is 16.7. The van der Waals surface area contributed by atoms with E-state index in [9.17, 15) is 4.79 Å². The molecule has 2 aromatic carbocycles. The number of hydrogen-bond acceptors (Lipinski definition) is 5. The van der Waals surface area contributed by atoms with E-state index in [-0.39, 0.29) is 19.3 Å². The summed E-state index contributed by atoms with van der Waals surface area (Å²) in [7, 11) is 1.66. The lowest BCUT2D eigenvalue weighted by Crippen LogP contribution is -2.28. The van der Waals surface area contributed by atoms with Crippen molar-refractivity contribution in [2.24, 2.45) is 0 Å². The van der Waals surface area contributed by atoms with Crippen LogP contribution in [0.3, 0.4) is 0 Å². The quantitative estimate of drug-likeness (QED) is 0.831. The fourth-order valence-corrected chi connectivity index (χ4v) is 3.12. The van der Waals surface area contributed by atoms with Gasteiger partial charge in [0.15, 0.2) is 5.78 Å². The Balaban J connectivity index is 0.00000243. The van der Waals surface area contributed by atoms with E-state index in [0.29, 0.717) is 12.2 Å². The van der Waals surface area contributed by atoms with Crippen LogP contribution >= 0.6 is 0 Å². The topological polar surface area (TPSA) is 59.0 Å². The number of carbonyl (C=O) groups is 1. The van der Waals surface area contributed by atoms with E-state index < -0.39 is 6.61 Å². The number of nitrogens with zero attached hydrogens (tertiary/aromatic N) is 1. The first-order valence-electron chi connectivity index (χ1n) is 8.40. The number of benzene rings is 2. The summed E-state index contributed by atoms with van der Waals surface area (Å²) in [5.74, 6) is 1.37. The molecular weight excluding hydrogens is 330 g/mol. The van der Waals surface area contributed by atoms with Crippen LogP contribution in [0.4, 0.5) is 0 Å². The number of fused-ring (bicyclic) bond motifs is 1. The summed E-state index contributed by atoms with van der Waals surface area (Å²) in [6.07, 6.45) is 0. The number of aliphatic hydroxyl groups is 1. The van der Waals surface area contributed by atoms with Crippen molar-refractivity contribution in [1.29, 1.82) is 0 Å². The van der Waals surface area contributed by atoms with Crippen LogP contribution in [0.15, 0.2) is 42.5 Å². The van der Waals surface area contributed by atoms with E-state index in [1.807, 2.05) is 24.3 Å². The molecular formula is C21H27NO4. The number of ether oxygens (including phenoxy) is 2. The highest BCUT2D eigenvalue weighted by molar-refractivity contribution is 5.97. The van der Waals surface area contributed by atoms with E-state index in [1.165, 1.54) is 5.56 Å². The van der Waals surface area contributed by atoms with Crippen molar-refractivity contribution in [1.82, 2.24) is 4.90 Å². The zero-order valence-corrected chi connectivity index (χ0v) is 14.6. The van der Waals surface area contributed by atoms with Gasteiger partial charge in [-0.3, -0.25) is 9.69 Å². The Morgan fingerprint density at radius 1 is 1.27 bits per heavy atom. The minimum atomic E-state index is -0.483. The molecule has 0 radical (unpaired) electrons. The molecule has 0 saturated carbocycles. The number of methoxy groups -OCH3 is 1. The first kappa shape index (κ1) is 19.9. The molecule has 1 unspecified atom stereocenters. The summed E-state index contributed by atoms with van der Waals surface area (Å²) in [6.45, 7) is 3.81. The zero-order valence-electron chi connectivity index (χ0n) is 14.6. The van der Waals surface area contributed by atoms with Gasteiger partial charge in [-0.15, -0.1) is 0 Å². The van der Waals surface area contributed by atoms with Gasteiger partial charge in [0.25, 0.3) is 0 Å². The van der Waals surface area contributed by atoms with Gasteiger partial charge in [-0.05, 0) is 42.8 Å². The lowest BCUT2D eigenvalue weighted by Gasteiger charge is -2.27. The largest absolute Gasteiger partial charge is 0.497 e. The van der Waals surface area contributed by atoms with Crippen molar-refractivity contribution in [3.8, 4) is 11.5 Å². The van der Waals surface area contributed by atoms with E-state index in [0.717, 1.165) is 30.2 Å². The number of aliphatic hydroxyl groups excluding tert-OH is 1. The molecule has 1 N–H and O–H groups in total. The van der Waals surface area contributed by atoms with Crippen molar-refractivity contribution in [2.75, 3.05) is 26.9 Å². The summed E-state index contributed by atoms with van der Waals surface area (Å²) < 4.78 is 11.1. The number of carbonyl (C=O) groups excluding carboxylic acids is 1. The molecule has 2 aromatic rings. The van der Waals surface area contributed by atoms with Crippen LogP contribution in [-0.4, -0.2) is 42.7 Å². The van der Waals surface area contributed by atoms with Crippen molar-refractivity contribution >= 4 is 5.78 Å². The summed E-state index contributed by atoms with van der Waals surface area (Å²) in [5, 5.41) is 9.10. The lowest BCUT2D eigenvalue weighted by molar-refractivity contribution is 0.0903. The second-order valence-electron chi connectivity index (χ2n) is 6.18. The highest BCUT2D eigenvalue weighted by Gasteiger charge is 2.24. The van der Waals surface area contributed by atoms with Gasteiger partial charge >= 0.3 is 0 Å². The monoisotopic (exact) mass is 357 g/mol. The molecule has 1 aliphatic heterocycles. The van der Waals surface area contributed by atoms with Crippen LogP contribution in [-0.2, 0) is 6.54 Å². The van der Waals surface area contributed by atoms with Gasteiger partial charge in [0.05, 0.1) is 7.11 Å². The third-order valence-corrected chi connectivity index (χ3v) is 4.65. The molecule has 0 aromatic heterocycles. The molecule has 0 fully saturated rings. The van der Waals surface area contributed by atoms with Gasteiger partial charge in [-0.1, -0.05) is 19.6 Å².